The first kappa shape index (κ1) is 12.4. The highest BCUT2D eigenvalue weighted by Gasteiger charge is 2.42. The van der Waals surface area contributed by atoms with Gasteiger partial charge in [0, 0.05) is 31.7 Å². The van der Waals surface area contributed by atoms with Crippen LogP contribution in [0.25, 0.3) is 0 Å². The van der Waals surface area contributed by atoms with Crippen LogP contribution in [0.4, 0.5) is 0 Å². The maximum Gasteiger partial charge on any atom is 0.194 e. The van der Waals surface area contributed by atoms with Crippen LogP contribution in [0.1, 0.15) is 19.8 Å². The van der Waals surface area contributed by atoms with Crippen molar-refractivity contribution in [2.24, 2.45) is 10.4 Å². The van der Waals surface area contributed by atoms with Gasteiger partial charge >= 0.3 is 0 Å². The van der Waals surface area contributed by atoms with E-state index in [0.29, 0.717) is 12.0 Å². The Morgan fingerprint density at radius 2 is 2.47 bits per heavy atom. The molecule has 2 fully saturated rings. The van der Waals surface area contributed by atoms with E-state index in [1.807, 2.05) is 6.08 Å². The van der Waals surface area contributed by atoms with E-state index in [-0.39, 0.29) is 0 Å². The molecule has 1 spiro atoms. The summed E-state index contributed by atoms with van der Waals surface area (Å²) in [5, 5.41) is 3.35. The van der Waals surface area contributed by atoms with Crippen molar-refractivity contribution in [3.63, 3.8) is 0 Å². The van der Waals surface area contributed by atoms with Crippen LogP contribution in [-0.4, -0.2) is 50.3 Å². The van der Waals surface area contributed by atoms with E-state index in [2.05, 4.69) is 28.7 Å². The van der Waals surface area contributed by atoms with Crippen LogP contribution in [0.3, 0.4) is 0 Å². The van der Waals surface area contributed by atoms with Gasteiger partial charge in [-0.05, 0) is 19.8 Å². The van der Waals surface area contributed by atoms with Gasteiger partial charge in [-0.15, -0.1) is 6.58 Å². The molecular weight excluding hydrogens is 214 g/mol. The van der Waals surface area contributed by atoms with Gasteiger partial charge in [-0.2, -0.15) is 0 Å². The number of hydrogen-bond acceptors (Lipinski definition) is 2. The topological polar surface area (TPSA) is 36.9 Å². The van der Waals surface area contributed by atoms with Gasteiger partial charge in [0.2, 0.25) is 0 Å². The predicted octanol–water partition coefficient (Wildman–Crippen LogP) is 1.25. The molecule has 0 aromatic carbocycles. The Morgan fingerprint density at radius 3 is 3.12 bits per heavy atom. The average Bonchev–Trinajstić information content (AvgIpc) is 2.96. The predicted molar refractivity (Wildman–Crippen MR) is 70.2 cm³/mol. The molecule has 0 aliphatic carbocycles. The van der Waals surface area contributed by atoms with Crippen LogP contribution in [0.5, 0.6) is 0 Å². The zero-order valence-corrected chi connectivity index (χ0v) is 10.7. The SMILES string of the molecule is C=CCN=C(NCC)N1CCC2(CCOC2)C1. The van der Waals surface area contributed by atoms with E-state index in [1.54, 1.807) is 0 Å². The molecule has 96 valence electrons. The highest BCUT2D eigenvalue weighted by atomic mass is 16.5. The van der Waals surface area contributed by atoms with Crippen molar-refractivity contribution in [2.45, 2.75) is 19.8 Å². The van der Waals surface area contributed by atoms with Crippen LogP contribution in [0, 0.1) is 5.41 Å². The zero-order chi connectivity index (χ0) is 12.1. The van der Waals surface area contributed by atoms with Crippen molar-refractivity contribution in [3.05, 3.63) is 12.7 Å². The quantitative estimate of drug-likeness (QED) is 0.456. The number of nitrogens with one attached hydrogen (secondary N) is 1. The highest BCUT2D eigenvalue weighted by molar-refractivity contribution is 5.80. The van der Waals surface area contributed by atoms with Crippen LogP contribution in [-0.2, 0) is 4.74 Å². The Kier molecular flexibility index (Phi) is 4.05. The first-order valence-electron chi connectivity index (χ1n) is 6.51. The van der Waals surface area contributed by atoms with Crippen molar-refractivity contribution < 1.29 is 4.74 Å². The normalized spacial score (nSPS) is 29.0. The molecule has 0 radical (unpaired) electrons. The molecular formula is C13H23N3O. The number of aliphatic imine (C=N–C) groups is 1. The standard InChI is InChI=1S/C13H23N3O/c1-3-7-15-12(14-4-2)16-8-5-13(10-16)6-9-17-11-13/h3H,1,4-11H2,2H3,(H,14,15). The number of guanidine groups is 1. The average molecular weight is 237 g/mol. The summed E-state index contributed by atoms with van der Waals surface area (Å²) in [6.45, 7) is 11.4. The summed E-state index contributed by atoms with van der Waals surface area (Å²) in [4.78, 5) is 6.90. The van der Waals surface area contributed by atoms with Crippen molar-refractivity contribution in [2.75, 3.05) is 39.4 Å². The largest absolute Gasteiger partial charge is 0.381 e. The van der Waals surface area contributed by atoms with Crippen molar-refractivity contribution >= 4 is 5.96 Å². The lowest BCUT2D eigenvalue weighted by atomic mass is 9.87. The third-order valence-corrected chi connectivity index (χ3v) is 3.63. The molecule has 0 aromatic heterocycles. The Balaban J connectivity index is 1.98. The fourth-order valence-electron chi connectivity index (χ4n) is 2.66. The lowest BCUT2D eigenvalue weighted by Gasteiger charge is -2.24. The second-order valence-electron chi connectivity index (χ2n) is 4.96. The van der Waals surface area contributed by atoms with Gasteiger partial charge in [-0.1, -0.05) is 6.08 Å². The smallest absolute Gasteiger partial charge is 0.194 e. The molecule has 4 heteroatoms. The summed E-state index contributed by atoms with van der Waals surface area (Å²) in [6.07, 6.45) is 4.26. The van der Waals surface area contributed by atoms with E-state index in [1.165, 1.54) is 12.8 Å². The molecule has 4 nitrogen and oxygen atoms in total. The fourth-order valence-corrected chi connectivity index (χ4v) is 2.66. The van der Waals surface area contributed by atoms with E-state index < -0.39 is 0 Å². The van der Waals surface area contributed by atoms with Gasteiger partial charge < -0.3 is 15.0 Å². The first-order chi connectivity index (χ1) is 8.29. The summed E-state index contributed by atoms with van der Waals surface area (Å²) in [5.74, 6) is 1.02. The molecule has 1 atom stereocenters. The lowest BCUT2D eigenvalue weighted by molar-refractivity contribution is 0.156. The number of hydrogen-bond donors (Lipinski definition) is 1. The number of ether oxygens (including phenoxy) is 1. The van der Waals surface area contributed by atoms with Gasteiger partial charge in [0.25, 0.3) is 0 Å². The first-order valence-corrected chi connectivity index (χ1v) is 6.51. The monoisotopic (exact) mass is 237 g/mol. The minimum absolute atomic E-state index is 0.393. The maximum atomic E-state index is 5.55. The number of rotatable bonds is 3. The summed E-state index contributed by atoms with van der Waals surface area (Å²) in [7, 11) is 0. The molecule has 2 saturated heterocycles. The van der Waals surface area contributed by atoms with Crippen LogP contribution in [0.15, 0.2) is 17.6 Å². The fraction of sp³-hybridized carbons (Fsp3) is 0.769. The molecule has 0 amide bonds. The van der Waals surface area contributed by atoms with Crippen LogP contribution >= 0.6 is 0 Å². The van der Waals surface area contributed by atoms with E-state index in [9.17, 15) is 0 Å². The van der Waals surface area contributed by atoms with E-state index in [4.69, 9.17) is 4.74 Å². The zero-order valence-electron chi connectivity index (χ0n) is 10.7. The van der Waals surface area contributed by atoms with Gasteiger partial charge in [0.1, 0.15) is 0 Å². The molecule has 17 heavy (non-hydrogen) atoms. The van der Waals surface area contributed by atoms with Gasteiger partial charge in [0.05, 0.1) is 13.2 Å². The van der Waals surface area contributed by atoms with Gasteiger partial charge in [-0.3, -0.25) is 0 Å². The Labute approximate surface area is 104 Å². The van der Waals surface area contributed by atoms with Crippen LogP contribution in [0.2, 0.25) is 0 Å². The molecule has 0 bridgehead atoms. The van der Waals surface area contributed by atoms with E-state index >= 15 is 0 Å². The summed E-state index contributed by atoms with van der Waals surface area (Å²) in [5.41, 5.74) is 0.393. The third kappa shape index (κ3) is 2.80. The number of likely N-dealkylation sites (tertiary alicyclic amines) is 1. The Bertz CT molecular complexity index is 295. The lowest BCUT2D eigenvalue weighted by Crippen LogP contribution is -2.41. The molecule has 2 aliphatic rings. The minimum atomic E-state index is 0.393. The summed E-state index contributed by atoms with van der Waals surface area (Å²) < 4.78 is 5.55. The second-order valence-corrected chi connectivity index (χ2v) is 4.96. The van der Waals surface area contributed by atoms with Crippen molar-refractivity contribution in [1.29, 1.82) is 0 Å². The molecule has 2 aliphatic heterocycles. The second kappa shape index (κ2) is 5.54. The molecule has 0 aromatic rings. The van der Waals surface area contributed by atoms with Crippen molar-refractivity contribution in [1.82, 2.24) is 10.2 Å². The Morgan fingerprint density at radius 1 is 1.59 bits per heavy atom. The molecule has 1 unspecified atom stereocenters. The maximum absolute atomic E-state index is 5.55. The highest BCUT2D eigenvalue weighted by Crippen LogP contribution is 2.38. The van der Waals surface area contributed by atoms with E-state index in [0.717, 1.165) is 38.8 Å². The minimum Gasteiger partial charge on any atom is -0.381 e. The Hall–Kier alpha value is -1.03. The number of nitrogens with zero attached hydrogens (tertiary/aromatic N) is 2. The third-order valence-electron chi connectivity index (χ3n) is 3.63. The molecule has 2 heterocycles. The summed E-state index contributed by atoms with van der Waals surface area (Å²) >= 11 is 0. The van der Waals surface area contributed by atoms with Crippen molar-refractivity contribution in [3.8, 4) is 0 Å². The molecule has 0 saturated carbocycles. The van der Waals surface area contributed by atoms with Crippen LogP contribution < -0.4 is 5.32 Å². The summed E-state index contributed by atoms with van der Waals surface area (Å²) in [6, 6.07) is 0. The molecule has 1 N–H and O–H groups in total. The van der Waals surface area contributed by atoms with Gasteiger partial charge in [-0.25, -0.2) is 4.99 Å². The molecule has 2 rings (SSSR count). The van der Waals surface area contributed by atoms with Gasteiger partial charge in [0.15, 0.2) is 5.96 Å².